The highest BCUT2D eigenvalue weighted by Crippen LogP contribution is 2.26. The van der Waals surface area contributed by atoms with Crippen LogP contribution in [0.25, 0.3) is 0 Å². The molecule has 1 aromatic carbocycles. The average Bonchev–Trinajstić information content (AvgIpc) is 2.33. The van der Waals surface area contributed by atoms with Gasteiger partial charge in [-0.05, 0) is 68.0 Å². The molecule has 0 saturated heterocycles. The van der Waals surface area contributed by atoms with Gasteiger partial charge >= 0.3 is 11.4 Å². The van der Waals surface area contributed by atoms with Gasteiger partial charge in [0, 0.05) is 0 Å². The third kappa shape index (κ3) is 2.94. The van der Waals surface area contributed by atoms with Crippen LogP contribution in [0.1, 0.15) is 33.4 Å². The van der Waals surface area contributed by atoms with Crippen LogP contribution in [-0.2, 0) is 26.3 Å². The molecule has 0 aromatic heterocycles. The molecule has 0 spiro atoms. The first-order valence-corrected chi connectivity index (χ1v) is 6.55. The van der Waals surface area contributed by atoms with Gasteiger partial charge in [0.25, 0.3) is 0 Å². The minimum Gasteiger partial charge on any atom is -0.272 e. The Morgan fingerprint density at radius 3 is 1.71 bits per heavy atom. The summed E-state index contributed by atoms with van der Waals surface area (Å²) in [5.74, 6) is 0. The monoisotopic (exact) mass is 256 g/mol. The summed E-state index contributed by atoms with van der Waals surface area (Å²) in [6.45, 7) is 10.8. The van der Waals surface area contributed by atoms with Crippen molar-refractivity contribution in [1.82, 2.24) is 0 Å². The Bertz CT molecular complexity index is 423. The maximum absolute atomic E-state index is 11.1. The summed E-state index contributed by atoms with van der Waals surface area (Å²) >= 11 is -1.66. The Balaban J connectivity index is 3.12. The minimum absolute atomic E-state index is 0.320. The normalized spacial score (nSPS) is 12.8. The zero-order chi connectivity index (χ0) is 13.2. The molecular weight excluding hydrogens is 236 g/mol. The molecule has 3 nitrogen and oxygen atoms in total. The zero-order valence-electron chi connectivity index (χ0n) is 11.3. The lowest BCUT2D eigenvalue weighted by Crippen LogP contribution is -2.06. The molecule has 1 atom stereocenters. The van der Waals surface area contributed by atoms with E-state index < -0.39 is 11.4 Å². The van der Waals surface area contributed by atoms with Gasteiger partial charge in [-0.1, -0.05) is 0 Å². The average molecular weight is 256 g/mol. The van der Waals surface area contributed by atoms with Gasteiger partial charge in [0.05, 0.1) is 13.7 Å². The Morgan fingerprint density at radius 1 is 0.882 bits per heavy atom. The molecule has 0 N–H and O–H groups in total. The summed E-state index contributed by atoms with van der Waals surface area (Å²) in [5, 5.41) is 0. The Hall–Kier alpha value is -0.710. The molecule has 1 unspecified atom stereocenters. The molecule has 0 radical (unpaired) electrons. The molecule has 0 heterocycles. The fourth-order valence-electron chi connectivity index (χ4n) is 1.95. The SMILES string of the molecule is COS(=O)OCc1c(C)c(C)c(C)c(C)c1C. The molecule has 0 amide bonds. The first kappa shape index (κ1) is 14.4. The van der Waals surface area contributed by atoms with E-state index in [4.69, 9.17) is 4.18 Å². The van der Waals surface area contributed by atoms with E-state index in [1.807, 2.05) is 0 Å². The lowest BCUT2D eigenvalue weighted by molar-refractivity contribution is 0.272. The van der Waals surface area contributed by atoms with Gasteiger partial charge in [0.2, 0.25) is 0 Å². The zero-order valence-corrected chi connectivity index (χ0v) is 12.2. The van der Waals surface area contributed by atoms with Crippen molar-refractivity contribution in [3.05, 3.63) is 33.4 Å². The van der Waals surface area contributed by atoms with Gasteiger partial charge in [0.15, 0.2) is 0 Å². The molecule has 0 aliphatic carbocycles. The van der Waals surface area contributed by atoms with Gasteiger partial charge in [-0.15, -0.1) is 0 Å². The lowest BCUT2D eigenvalue weighted by Gasteiger charge is -2.18. The fraction of sp³-hybridized carbons (Fsp3) is 0.538. The molecule has 0 fully saturated rings. The van der Waals surface area contributed by atoms with E-state index in [9.17, 15) is 4.21 Å². The molecule has 1 aromatic rings. The fourth-order valence-corrected chi connectivity index (χ4v) is 2.26. The van der Waals surface area contributed by atoms with E-state index >= 15 is 0 Å². The summed E-state index contributed by atoms with van der Waals surface area (Å²) in [6.07, 6.45) is 0. The van der Waals surface area contributed by atoms with E-state index in [-0.39, 0.29) is 0 Å². The van der Waals surface area contributed by atoms with Crippen LogP contribution in [0.15, 0.2) is 0 Å². The van der Waals surface area contributed by atoms with Gasteiger partial charge in [-0.2, -0.15) is 4.21 Å². The van der Waals surface area contributed by atoms with Crippen molar-refractivity contribution in [3.8, 4) is 0 Å². The second-order valence-electron chi connectivity index (χ2n) is 4.24. The quantitative estimate of drug-likeness (QED) is 0.831. The van der Waals surface area contributed by atoms with E-state index in [1.165, 1.54) is 34.9 Å². The number of hydrogen-bond acceptors (Lipinski definition) is 3. The van der Waals surface area contributed by atoms with Gasteiger partial charge < -0.3 is 0 Å². The smallest absolute Gasteiger partial charge is 0.272 e. The largest absolute Gasteiger partial charge is 0.304 e. The third-order valence-electron chi connectivity index (χ3n) is 3.59. The van der Waals surface area contributed by atoms with Crippen molar-refractivity contribution >= 4 is 11.4 Å². The number of benzene rings is 1. The Morgan fingerprint density at radius 2 is 1.29 bits per heavy atom. The number of rotatable bonds is 4. The molecule has 0 saturated carbocycles. The predicted molar refractivity (Wildman–Crippen MR) is 70.1 cm³/mol. The molecule has 0 aliphatic heterocycles. The summed E-state index contributed by atoms with van der Waals surface area (Å²) in [7, 11) is 1.36. The topological polar surface area (TPSA) is 35.5 Å². The van der Waals surface area contributed by atoms with Gasteiger partial charge in [-0.25, -0.2) is 0 Å². The maximum atomic E-state index is 11.1. The van der Waals surface area contributed by atoms with Crippen molar-refractivity contribution in [2.24, 2.45) is 0 Å². The van der Waals surface area contributed by atoms with Crippen molar-refractivity contribution in [3.63, 3.8) is 0 Å². The first-order valence-electron chi connectivity index (χ1n) is 5.55. The van der Waals surface area contributed by atoms with Crippen LogP contribution in [0.3, 0.4) is 0 Å². The minimum atomic E-state index is -1.66. The highest BCUT2D eigenvalue weighted by molar-refractivity contribution is 7.75. The molecule has 1 rings (SSSR count). The summed E-state index contributed by atoms with van der Waals surface area (Å²) in [5.41, 5.74) is 7.38. The van der Waals surface area contributed by atoms with Crippen LogP contribution in [0.4, 0.5) is 0 Å². The molecule has 4 heteroatoms. The van der Waals surface area contributed by atoms with Crippen LogP contribution in [0.2, 0.25) is 0 Å². The van der Waals surface area contributed by atoms with Gasteiger partial charge in [0.1, 0.15) is 0 Å². The van der Waals surface area contributed by atoms with Crippen LogP contribution in [0.5, 0.6) is 0 Å². The Kier molecular flexibility index (Phi) is 4.86. The highest BCUT2D eigenvalue weighted by Gasteiger charge is 2.13. The first-order chi connectivity index (χ1) is 7.90. The van der Waals surface area contributed by atoms with E-state index in [0.717, 1.165) is 5.56 Å². The van der Waals surface area contributed by atoms with Gasteiger partial charge in [-0.3, -0.25) is 8.37 Å². The summed E-state index contributed by atoms with van der Waals surface area (Å²) < 4.78 is 20.8. The van der Waals surface area contributed by atoms with E-state index in [1.54, 1.807) is 0 Å². The van der Waals surface area contributed by atoms with Crippen LogP contribution < -0.4 is 0 Å². The Labute approximate surface area is 106 Å². The van der Waals surface area contributed by atoms with Crippen molar-refractivity contribution < 1.29 is 12.6 Å². The van der Waals surface area contributed by atoms with E-state index in [2.05, 4.69) is 38.8 Å². The second-order valence-corrected chi connectivity index (χ2v) is 5.21. The predicted octanol–water partition coefficient (Wildman–Crippen LogP) is 2.97. The standard InChI is InChI=1S/C13H20O3S/c1-8-9(2)11(4)13(12(5)10(8)3)7-16-17(14)15-6/h7H2,1-6H3. The molecule has 0 aliphatic rings. The summed E-state index contributed by atoms with van der Waals surface area (Å²) in [6, 6.07) is 0. The van der Waals surface area contributed by atoms with Crippen LogP contribution in [0, 0.1) is 34.6 Å². The maximum Gasteiger partial charge on any atom is 0.304 e. The highest BCUT2D eigenvalue weighted by atomic mass is 32.2. The molecule has 96 valence electrons. The summed E-state index contributed by atoms with van der Waals surface area (Å²) in [4.78, 5) is 0. The second kappa shape index (κ2) is 5.76. The van der Waals surface area contributed by atoms with Crippen molar-refractivity contribution in [2.45, 2.75) is 41.2 Å². The van der Waals surface area contributed by atoms with Crippen LogP contribution in [-0.4, -0.2) is 11.3 Å². The molecule has 0 bridgehead atoms. The molecule has 17 heavy (non-hydrogen) atoms. The third-order valence-corrected chi connectivity index (χ3v) is 4.17. The lowest BCUT2D eigenvalue weighted by atomic mass is 9.90. The van der Waals surface area contributed by atoms with Crippen molar-refractivity contribution in [2.75, 3.05) is 7.11 Å². The van der Waals surface area contributed by atoms with Crippen molar-refractivity contribution in [1.29, 1.82) is 0 Å². The number of hydrogen-bond donors (Lipinski definition) is 0. The van der Waals surface area contributed by atoms with Crippen LogP contribution >= 0.6 is 0 Å². The molecular formula is C13H20O3S. The van der Waals surface area contributed by atoms with E-state index in [0.29, 0.717) is 6.61 Å².